The van der Waals surface area contributed by atoms with Gasteiger partial charge in [0.15, 0.2) is 0 Å². The number of ether oxygens (including phenoxy) is 1. The van der Waals surface area contributed by atoms with Crippen molar-refractivity contribution in [3.05, 3.63) is 54.1 Å². The Bertz CT molecular complexity index is 723. The van der Waals surface area contributed by atoms with Crippen LogP contribution in [-0.4, -0.2) is 28.1 Å². The molecule has 126 valence electrons. The molecule has 0 aliphatic rings. The van der Waals surface area contributed by atoms with Crippen molar-refractivity contribution in [2.75, 3.05) is 5.32 Å². The first-order valence-electron chi connectivity index (χ1n) is 6.87. The zero-order chi connectivity index (χ0) is 18.1. The number of amides is 1. The fourth-order valence-corrected chi connectivity index (χ4v) is 1.64. The molecule has 0 unspecified atom stereocenters. The molecule has 3 N–H and O–H groups in total. The molecule has 7 nitrogen and oxygen atoms in total. The lowest BCUT2D eigenvalue weighted by atomic mass is 10.2. The van der Waals surface area contributed by atoms with Crippen molar-refractivity contribution in [2.45, 2.75) is 13.8 Å². The lowest BCUT2D eigenvalue weighted by Crippen LogP contribution is -2.10. The first kappa shape index (κ1) is 18.7. The average Bonchev–Trinajstić information content (AvgIpc) is 2.47. The molecule has 2 aromatic rings. The minimum atomic E-state index is -0.833. The van der Waals surface area contributed by atoms with E-state index in [-0.39, 0.29) is 17.2 Å². The summed E-state index contributed by atoms with van der Waals surface area (Å²) in [5.41, 5.74) is 0.439. The molecule has 0 aliphatic heterocycles. The van der Waals surface area contributed by atoms with Crippen molar-refractivity contribution in [3.63, 3.8) is 0 Å². The smallest absolute Gasteiger partial charge is 0.347 e. The van der Waals surface area contributed by atoms with Crippen molar-refractivity contribution in [3.8, 4) is 11.5 Å². The van der Waals surface area contributed by atoms with Crippen molar-refractivity contribution in [1.82, 2.24) is 0 Å². The number of hydrogen-bond acceptors (Lipinski definition) is 5. The molecule has 0 aliphatic carbocycles. The van der Waals surface area contributed by atoms with Gasteiger partial charge in [-0.1, -0.05) is 18.2 Å². The number of carbonyl (C=O) groups is 3. The van der Waals surface area contributed by atoms with E-state index < -0.39 is 11.9 Å². The fraction of sp³-hybridized carbons (Fsp3) is 0.118. The highest BCUT2D eigenvalue weighted by atomic mass is 16.5. The maximum atomic E-state index is 11.9. The highest BCUT2D eigenvalue weighted by Crippen LogP contribution is 2.23. The Kier molecular flexibility index (Phi) is 6.97. The number of hydrogen-bond donors (Lipinski definition) is 3. The van der Waals surface area contributed by atoms with Gasteiger partial charge >= 0.3 is 5.97 Å². The van der Waals surface area contributed by atoms with E-state index >= 15 is 0 Å². The minimum absolute atomic E-state index is 0.0305. The molecular weight excluding hydrogens is 314 g/mol. The first-order valence-corrected chi connectivity index (χ1v) is 6.87. The zero-order valence-corrected chi connectivity index (χ0v) is 13.1. The molecule has 0 aromatic heterocycles. The second kappa shape index (κ2) is 8.94. The van der Waals surface area contributed by atoms with Gasteiger partial charge in [-0.05, 0) is 24.3 Å². The van der Waals surface area contributed by atoms with Crippen molar-refractivity contribution in [1.29, 1.82) is 0 Å². The number of aliphatic carboxylic acids is 1. The van der Waals surface area contributed by atoms with Crippen LogP contribution in [0.25, 0.3) is 0 Å². The number of phenols is 1. The Labute approximate surface area is 138 Å². The molecule has 0 radical (unpaired) electrons. The third-order valence-electron chi connectivity index (χ3n) is 2.49. The Hall–Kier alpha value is -3.35. The van der Waals surface area contributed by atoms with Crippen LogP contribution in [-0.2, 0) is 9.59 Å². The maximum absolute atomic E-state index is 11.9. The Morgan fingerprint density at radius 3 is 2.08 bits per heavy atom. The number of para-hydroxylation sites is 1. The summed E-state index contributed by atoms with van der Waals surface area (Å²) in [6.07, 6.45) is 0. The number of esters is 1. The number of benzene rings is 2. The van der Waals surface area contributed by atoms with Crippen LogP contribution < -0.4 is 10.1 Å². The standard InChI is InChI=1S/C15H13NO4.C2H4O2/c1-10(17)16-11-7-8-13(14(18)9-11)15(19)20-12-5-3-2-4-6-12;1-2(3)4/h2-9,18H,1H3,(H,16,17);1H3,(H,3,4). The van der Waals surface area contributed by atoms with Crippen molar-refractivity contribution in [2.24, 2.45) is 0 Å². The second-order valence-electron chi connectivity index (χ2n) is 4.63. The topological polar surface area (TPSA) is 113 Å². The quantitative estimate of drug-likeness (QED) is 0.589. The predicted octanol–water partition coefficient (Wildman–Crippen LogP) is 2.66. The number of anilines is 1. The van der Waals surface area contributed by atoms with Crippen LogP contribution in [0.1, 0.15) is 24.2 Å². The molecule has 0 heterocycles. The molecule has 2 aromatic carbocycles. The molecule has 0 atom stereocenters. The third-order valence-corrected chi connectivity index (χ3v) is 2.49. The summed E-state index contributed by atoms with van der Waals surface area (Å²) >= 11 is 0. The summed E-state index contributed by atoms with van der Waals surface area (Å²) in [5, 5.41) is 19.7. The van der Waals surface area contributed by atoms with Crippen LogP contribution in [0, 0.1) is 0 Å². The van der Waals surface area contributed by atoms with Gasteiger partial charge in [0.1, 0.15) is 17.1 Å². The number of phenolic OH excluding ortho intramolecular Hbond substituents is 1. The van der Waals surface area contributed by atoms with Crippen LogP contribution in [0.2, 0.25) is 0 Å². The summed E-state index contributed by atoms with van der Waals surface area (Å²) in [6, 6.07) is 12.8. The Morgan fingerprint density at radius 1 is 1.00 bits per heavy atom. The monoisotopic (exact) mass is 331 g/mol. The largest absolute Gasteiger partial charge is 0.507 e. The molecule has 2 rings (SSSR count). The van der Waals surface area contributed by atoms with Gasteiger partial charge in [-0.15, -0.1) is 0 Å². The number of carbonyl (C=O) groups excluding carboxylic acids is 2. The van der Waals surface area contributed by atoms with E-state index in [1.54, 1.807) is 30.3 Å². The summed E-state index contributed by atoms with van der Waals surface area (Å²) in [6.45, 7) is 2.44. The van der Waals surface area contributed by atoms with Gasteiger partial charge in [-0.2, -0.15) is 0 Å². The molecule has 7 heteroatoms. The fourth-order valence-electron chi connectivity index (χ4n) is 1.64. The predicted molar refractivity (Wildman–Crippen MR) is 87.1 cm³/mol. The van der Waals surface area contributed by atoms with Gasteiger partial charge < -0.3 is 20.3 Å². The van der Waals surface area contributed by atoms with E-state index in [1.807, 2.05) is 0 Å². The van der Waals surface area contributed by atoms with E-state index in [0.717, 1.165) is 6.92 Å². The van der Waals surface area contributed by atoms with Crippen molar-refractivity contribution < 1.29 is 29.3 Å². The number of aromatic hydroxyl groups is 1. The van der Waals surface area contributed by atoms with Crippen LogP contribution >= 0.6 is 0 Å². The van der Waals surface area contributed by atoms with Gasteiger partial charge in [-0.3, -0.25) is 9.59 Å². The molecule has 0 spiro atoms. The normalized spacial score (nSPS) is 9.25. The summed E-state index contributed by atoms with van der Waals surface area (Å²) in [5.74, 6) is -1.62. The molecule has 1 amide bonds. The van der Waals surface area contributed by atoms with E-state index in [9.17, 15) is 14.7 Å². The van der Waals surface area contributed by atoms with Gasteiger partial charge in [0, 0.05) is 25.6 Å². The van der Waals surface area contributed by atoms with Crippen LogP contribution in [0.4, 0.5) is 5.69 Å². The molecular formula is C17H17NO6. The van der Waals surface area contributed by atoms with Crippen molar-refractivity contribution >= 4 is 23.5 Å². The lowest BCUT2D eigenvalue weighted by Gasteiger charge is -2.08. The minimum Gasteiger partial charge on any atom is -0.507 e. The van der Waals surface area contributed by atoms with Gasteiger partial charge in [0.25, 0.3) is 5.97 Å². The van der Waals surface area contributed by atoms with Crippen LogP contribution in [0.15, 0.2) is 48.5 Å². The Balaban J connectivity index is 0.000000648. The molecule has 0 saturated heterocycles. The molecule has 0 fully saturated rings. The number of rotatable bonds is 3. The second-order valence-corrected chi connectivity index (χ2v) is 4.63. The van der Waals surface area contributed by atoms with Crippen LogP contribution in [0.5, 0.6) is 11.5 Å². The van der Waals surface area contributed by atoms with Gasteiger partial charge in [0.2, 0.25) is 5.91 Å². The third kappa shape index (κ3) is 6.61. The molecule has 0 bridgehead atoms. The summed E-state index contributed by atoms with van der Waals surface area (Å²) < 4.78 is 5.12. The van der Waals surface area contributed by atoms with E-state index in [2.05, 4.69) is 5.32 Å². The van der Waals surface area contributed by atoms with E-state index in [1.165, 1.54) is 25.1 Å². The zero-order valence-electron chi connectivity index (χ0n) is 13.1. The molecule has 24 heavy (non-hydrogen) atoms. The van der Waals surface area contributed by atoms with Crippen LogP contribution in [0.3, 0.4) is 0 Å². The summed E-state index contributed by atoms with van der Waals surface area (Å²) in [4.78, 5) is 31.8. The highest BCUT2D eigenvalue weighted by molar-refractivity contribution is 5.95. The Morgan fingerprint density at radius 2 is 1.58 bits per heavy atom. The lowest BCUT2D eigenvalue weighted by molar-refractivity contribution is -0.134. The first-order chi connectivity index (χ1) is 11.3. The van der Waals surface area contributed by atoms with Gasteiger partial charge in [0.05, 0.1) is 0 Å². The molecule has 0 saturated carbocycles. The number of carboxylic acid groups (broad SMARTS) is 1. The maximum Gasteiger partial charge on any atom is 0.347 e. The average molecular weight is 331 g/mol. The van der Waals surface area contributed by atoms with Gasteiger partial charge in [-0.25, -0.2) is 4.79 Å². The van der Waals surface area contributed by atoms with E-state index in [0.29, 0.717) is 11.4 Å². The van der Waals surface area contributed by atoms with E-state index in [4.69, 9.17) is 14.6 Å². The highest BCUT2D eigenvalue weighted by Gasteiger charge is 2.14. The summed E-state index contributed by atoms with van der Waals surface area (Å²) in [7, 11) is 0. The number of carboxylic acids is 1. The SMILES string of the molecule is CC(=O)Nc1ccc(C(=O)Oc2ccccc2)c(O)c1.CC(=O)O. The number of nitrogens with one attached hydrogen (secondary N) is 1.